The maximum Gasteiger partial charge on any atom is 0.123 e. The van der Waals surface area contributed by atoms with Gasteiger partial charge < -0.3 is 10.5 Å². The highest BCUT2D eigenvalue weighted by molar-refractivity contribution is 5.35. The molecule has 0 aliphatic heterocycles. The third kappa shape index (κ3) is 3.72. The van der Waals surface area contributed by atoms with Gasteiger partial charge >= 0.3 is 0 Å². The minimum atomic E-state index is 0.130. The number of benzene rings is 1. The van der Waals surface area contributed by atoms with Crippen molar-refractivity contribution < 1.29 is 4.74 Å². The molecule has 0 saturated carbocycles. The van der Waals surface area contributed by atoms with Gasteiger partial charge in [0, 0.05) is 18.2 Å². The van der Waals surface area contributed by atoms with E-state index in [0.29, 0.717) is 12.6 Å². The van der Waals surface area contributed by atoms with Crippen LogP contribution in [0.2, 0.25) is 0 Å². The average Bonchev–Trinajstić information content (AvgIpc) is 2.37. The van der Waals surface area contributed by atoms with Crippen LogP contribution in [0.15, 0.2) is 24.3 Å². The quantitative estimate of drug-likeness (QED) is 0.843. The summed E-state index contributed by atoms with van der Waals surface area (Å²) in [5.74, 6) is 0.947. The second kappa shape index (κ2) is 6.21. The fraction of sp³-hybridized carbons (Fsp3) is 0.600. The van der Waals surface area contributed by atoms with E-state index in [9.17, 15) is 0 Å². The fourth-order valence-electron chi connectivity index (χ4n) is 2.13. The van der Waals surface area contributed by atoms with Crippen molar-refractivity contribution in [3.63, 3.8) is 0 Å². The Balaban J connectivity index is 2.83. The second-order valence-corrected chi connectivity index (χ2v) is 5.70. The van der Waals surface area contributed by atoms with Gasteiger partial charge in [0.25, 0.3) is 0 Å². The number of ether oxygens (including phenoxy) is 1. The van der Waals surface area contributed by atoms with Crippen molar-refractivity contribution >= 4 is 0 Å². The molecule has 0 bridgehead atoms. The molecule has 18 heavy (non-hydrogen) atoms. The first-order valence-corrected chi connectivity index (χ1v) is 6.44. The van der Waals surface area contributed by atoms with Crippen LogP contribution in [-0.4, -0.2) is 32.1 Å². The van der Waals surface area contributed by atoms with Crippen LogP contribution in [-0.2, 0) is 0 Å². The van der Waals surface area contributed by atoms with Crippen molar-refractivity contribution in [1.29, 1.82) is 0 Å². The molecule has 3 nitrogen and oxygen atoms in total. The van der Waals surface area contributed by atoms with E-state index in [1.807, 2.05) is 12.1 Å². The first-order chi connectivity index (χ1) is 8.41. The van der Waals surface area contributed by atoms with Crippen LogP contribution in [0.1, 0.15) is 32.4 Å². The predicted molar refractivity (Wildman–Crippen MR) is 76.9 cm³/mol. The summed E-state index contributed by atoms with van der Waals surface area (Å²) in [7, 11) is 3.85. The number of nitrogens with zero attached hydrogens (tertiary/aromatic N) is 1. The van der Waals surface area contributed by atoms with Gasteiger partial charge in [0.15, 0.2) is 0 Å². The highest BCUT2D eigenvalue weighted by Gasteiger charge is 2.23. The molecule has 2 N–H and O–H groups in total. The fourth-order valence-corrected chi connectivity index (χ4v) is 2.13. The first-order valence-electron chi connectivity index (χ1n) is 6.44. The molecule has 102 valence electrons. The third-order valence-electron chi connectivity index (χ3n) is 3.48. The van der Waals surface area contributed by atoms with Gasteiger partial charge in [-0.2, -0.15) is 0 Å². The molecule has 0 aliphatic carbocycles. The lowest BCUT2D eigenvalue weighted by Gasteiger charge is -2.33. The molecule has 1 rings (SSSR count). The topological polar surface area (TPSA) is 38.5 Å². The molecule has 0 aromatic heterocycles. The number of hydrogen-bond donors (Lipinski definition) is 1. The van der Waals surface area contributed by atoms with Gasteiger partial charge in [-0.3, -0.25) is 4.90 Å². The second-order valence-electron chi connectivity index (χ2n) is 5.70. The van der Waals surface area contributed by atoms with E-state index in [1.54, 1.807) is 7.11 Å². The number of rotatable bonds is 6. The first kappa shape index (κ1) is 15.0. The molecule has 0 fully saturated rings. The van der Waals surface area contributed by atoms with Gasteiger partial charge in [0.1, 0.15) is 5.75 Å². The maximum atomic E-state index is 5.80. The Morgan fingerprint density at radius 3 is 2.50 bits per heavy atom. The van der Waals surface area contributed by atoms with Gasteiger partial charge in [-0.15, -0.1) is 0 Å². The molecule has 0 radical (unpaired) electrons. The zero-order valence-corrected chi connectivity index (χ0v) is 12.2. The van der Waals surface area contributed by atoms with Gasteiger partial charge in [-0.25, -0.2) is 0 Å². The van der Waals surface area contributed by atoms with E-state index >= 15 is 0 Å². The van der Waals surface area contributed by atoms with Crippen LogP contribution in [0.3, 0.4) is 0 Å². The minimum absolute atomic E-state index is 0.130. The zero-order chi connectivity index (χ0) is 13.8. The number of methoxy groups -OCH3 is 1. The average molecular weight is 250 g/mol. The lowest BCUT2D eigenvalue weighted by molar-refractivity contribution is 0.172. The Kier molecular flexibility index (Phi) is 5.17. The SMILES string of the molecule is COc1ccccc1C(C)N(C)CC(C)(C)CN. The predicted octanol–water partition coefficient (Wildman–Crippen LogP) is 2.67. The lowest BCUT2D eigenvalue weighted by atomic mass is 9.92. The van der Waals surface area contributed by atoms with E-state index in [4.69, 9.17) is 10.5 Å². The molecule has 1 aromatic carbocycles. The largest absolute Gasteiger partial charge is 0.496 e. The molecule has 3 heteroatoms. The maximum absolute atomic E-state index is 5.80. The van der Waals surface area contributed by atoms with Crippen molar-refractivity contribution in [3.05, 3.63) is 29.8 Å². The Morgan fingerprint density at radius 2 is 1.94 bits per heavy atom. The molecule has 0 amide bonds. The molecular formula is C15H26N2O. The summed E-state index contributed by atoms with van der Waals surface area (Å²) >= 11 is 0. The van der Waals surface area contributed by atoms with Crippen LogP contribution >= 0.6 is 0 Å². The molecule has 1 atom stereocenters. The number of para-hydroxylation sites is 1. The molecule has 1 aromatic rings. The molecule has 0 aliphatic rings. The summed E-state index contributed by atoms with van der Waals surface area (Å²) < 4.78 is 5.42. The van der Waals surface area contributed by atoms with E-state index in [-0.39, 0.29) is 5.41 Å². The standard InChI is InChI=1S/C15H26N2O/c1-12(17(4)11-15(2,3)10-16)13-8-6-7-9-14(13)18-5/h6-9,12H,10-11,16H2,1-5H3. The van der Waals surface area contributed by atoms with E-state index in [2.05, 4.69) is 44.9 Å². The molecule has 0 spiro atoms. The van der Waals surface area contributed by atoms with Crippen molar-refractivity contribution in [2.24, 2.45) is 11.1 Å². The summed E-state index contributed by atoms with van der Waals surface area (Å²) in [6.45, 7) is 8.24. The summed E-state index contributed by atoms with van der Waals surface area (Å²) in [5, 5.41) is 0. The highest BCUT2D eigenvalue weighted by atomic mass is 16.5. The van der Waals surface area contributed by atoms with E-state index < -0.39 is 0 Å². The van der Waals surface area contributed by atoms with Crippen LogP contribution in [0.25, 0.3) is 0 Å². The van der Waals surface area contributed by atoms with Gasteiger partial charge in [-0.05, 0) is 32.0 Å². The Morgan fingerprint density at radius 1 is 1.33 bits per heavy atom. The van der Waals surface area contributed by atoms with Crippen molar-refractivity contribution in [2.45, 2.75) is 26.8 Å². The summed E-state index contributed by atoms with van der Waals surface area (Å²) in [5.41, 5.74) is 7.15. The van der Waals surface area contributed by atoms with Gasteiger partial charge in [-0.1, -0.05) is 32.0 Å². The Hall–Kier alpha value is -1.06. The molecule has 0 saturated heterocycles. The highest BCUT2D eigenvalue weighted by Crippen LogP contribution is 2.29. The summed E-state index contributed by atoms with van der Waals surface area (Å²) in [6, 6.07) is 8.49. The van der Waals surface area contributed by atoms with Crippen molar-refractivity contribution in [2.75, 3.05) is 27.2 Å². The Bertz CT molecular complexity index is 377. The number of nitrogens with two attached hydrogens (primary N) is 1. The normalized spacial score (nSPS) is 13.7. The van der Waals surface area contributed by atoms with E-state index in [1.165, 1.54) is 5.56 Å². The third-order valence-corrected chi connectivity index (χ3v) is 3.48. The molecule has 0 heterocycles. The summed E-state index contributed by atoms with van der Waals surface area (Å²) in [6.07, 6.45) is 0. The molecular weight excluding hydrogens is 224 g/mol. The van der Waals surface area contributed by atoms with Gasteiger partial charge in [0.05, 0.1) is 7.11 Å². The van der Waals surface area contributed by atoms with Crippen LogP contribution < -0.4 is 10.5 Å². The smallest absolute Gasteiger partial charge is 0.123 e. The molecule has 1 unspecified atom stereocenters. The van der Waals surface area contributed by atoms with E-state index in [0.717, 1.165) is 12.3 Å². The Labute approximate surface area is 111 Å². The minimum Gasteiger partial charge on any atom is -0.496 e. The van der Waals surface area contributed by atoms with Crippen LogP contribution in [0.5, 0.6) is 5.75 Å². The van der Waals surface area contributed by atoms with Crippen LogP contribution in [0, 0.1) is 5.41 Å². The van der Waals surface area contributed by atoms with Crippen molar-refractivity contribution in [3.8, 4) is 5.75 Å². The van der Waals surface area contributed by atoms with Crippen molar-refractivity contribution in [1.82, 2.24) is 4.90 Å². The van der Waals surface area contributed by atoms with Crippen LogP contribution in [0.4, 0.5) is 0 Å². The lowest BCUT2D eigenvalue weighted by Crippen LogP contribution is -2.38. The summed E-state index contributed by atoms with van der Waals surface area (Å²) in [4.78, 5) is 2.32. The number of hydrogen-bond acceptors (Lipinski definition) is 3. The monoisotopic (exact) mass is 250 g/mol. The zero-order valence-electron chi connectivity index (χ0n) is 12.2. The van der Waals surface area contributed by atoms with Gasteiger partial charge in [0.2, 0.25) is 0 Å².